The van der Waals surface area contributed by atoms with Crippen molar-refractivity contribution in [3.05, 3.63) is 88.2 Å². The van der Waals surface area contributed by atoms with Crippen LogP contribution in [0.25, 0.3) is 0 Å². The molecular formula is C35H39ClF2N2O3. The van der Waals surface area contributed by atoms with Crippen molar-refractivity contribution in [2.45, 2.75) is 88.0 Å². The minimum Gasteiger partial charge on any atom is -0.493 e. The summed E-state index contributed by atoms with van der Waals surface area (Å²) in [7, 11) is 0. The number of ether oxygens (including phenoxy) is 1. The molecule has 2 N–H and O–H groups in total. The summed E-state index contributed by atoms with van der Waals surface area (Å²) in [6, 6.07) is 17.1. The van der Waals surface area contributed by atoms with E-state index in [1.165, 1.54) is 11.1 Å². The molecule has 8 heteroatoms. The van der Waals surface area contributed by atoms with Gasteiger partial charge in [0.1, 0.15) is 11.3 Å². The minimum atomic E-state index is -2.53. The van der Waals surface area contributed by atoms with Crippen LogP contribution in [0.3, 0.4) is 0 Å². The number of halogens is 3. The van der Waals surface area contributed by atoms with E-state index in [0.29, 0.717) is 60.9 Å². The molecule has 3 aliphatic rings. The number of carboxylic acids is 1. The maximum absolute atomic E-state index is 14.7. The molecule has 1 spiro atoms. The lowest BCUT2D eigenvalue weighted by molar-refractivity contribution is -0.144. The van der Waals surface area contributed by atoms with Crippen molar-refractivity contribution in [3.8, 4) is 5.75 Å². The molecule has 3 aliphatic carbocycles. The monoisotopic (exact) mass is 608 g/mol. The topological polar surface area (TPSA) is 71.5 Å². The van der Waals surface area contributed by atoms with Crippen LogP contribution in [0.15, 0.2) is 60.8 Å². The highest BCUT2D eigenvalue weighted by Crippen LogP contribution is 2.56. The number of anilines is 1. The van der Waals surface area contributed by atoms with Gasteiger partial charge >= 0.3 is 5.97 Å². The van der Waals surface area contributed by atoms with Crippen LogP contribution in [-0.2, 0) is 23.1 Å². The molecule has 1 heterocycles. The molecule has 0 unspecified atom stereocenters. The average Bonchev–Trinajstić information content (AvgIpc) is 3.28. The Labute approximate surface area is 257 Å². The first-order valence-electron chi connectivity index (χ1n) is 15.4. The Morgan fingerprint density at radius 2 is 1.93 bits per heavy atom. The van der Waals surface area contributed by atoms with Crippen LogP contribution in [0.1, 0.15) is 80.2 Å². The molecule has 1 fully saturated rings. The molecule has 0 bridgehead atoms. The zero-order valence-corrected chi connectivity index (χ0v) is 25.3. The zero-order chi connectivity index (χ0) is 30.2. The van der Waals surface area contributed by atoms with Gasteiger partial charge in [0.25, 0.3) is 0 Å². The number of fused-ring (bicyclic) bond motifs is 3. The van der Waals surface area contributed by atoms with Gasteiger partial charge in [-0.2, -0.15) is 0 Å². The number of pyridine rings is 1. The number of alkyl halides is 2. The van der Waals surface area contributed by atoms with Crippen LogP contribution in [0.5, 0.6) is 5.75 Å². The number of carboxylic acid groups (broad SMARTS) is 1. The third-order valence-electron chi connectivity index (χ3n) is 10.4. The maximum Gasteiger partial charge on any atom is 0.329 e. The highest BCUT2D eigenvalue weighted by molar-refractivity contribution is 6.30. The van der Waals surface area contributed by atoms with Gasteiger partial charge in [-0.15, -0.1) is 0 Å². The highest BCUT2D eigenvalue weighted by atomic mass is 35.5. The number of nitrogens with zero attached hydrogens (tertiary/aromatic N) is 1. The molecule has 0 saturated heterocycles. The minimum absolute atomic E-state index is 0.0317. The number of nitrogens with one attached hydrogen (secondary N) is 1. The van der Waals surface area contributed by atoms with Crippen molar-refractivity contribution in [2.24, 2.45) is 11.8 Å². The Bertz CT molecular complexity index is 1470. The van der Waals surface area contributed by atoms with E-state index in [0.717, 1.165) is 30.5 Å². The van der Waals surface area contributed by atoms with E-state index in [1.54, 1.807) is 24.4 Å². The first-order chi connectivity index (χ1) is 20.7. The van der Waals surface area contributed by atoms with Gasteiger partial charge in [0.05, 0.1) is 12.5 Å². The number of hydrogen-bond acceptors (Lipinski definition) is 4. The van der Waals surface area contributed by atoms with Gasteiger partial charge in [0.2, 0.25) is 6.43 Å². The van der Waals surface area contributed by atoms with Gasteiger partial charge in [-0.25, -0.2) is 13.6 Å². The Balaban J connectivity index is 1.23. The molecule has 3 atom stereocenters. The van der Waals surface area contributed by atoms with Crippen molar-refractivity contribution in [3.63, 3.8) is 0 Å². The molecular weight excluding hydrogens is 570 g/mol. The van der Waals surface area contributed by atoms with Crippen LogP contribution < -0.4 is 10.1 Å². The van der Waals surface area contributed by atoms with E-state index >= 15 is 0 Å². The summed E-state index contributed by atoms with van der Waals surface area (Å²) in [5, 5.41) is 14.2. The zero-order valence-electron chi connectivity index (χ0n) is 24.5. The van der Waals surface area contributed by atoms with Crippen molar-refractivity contribution in [2.75, 3.05) is 11.9 Å². The molecule has 5 nitrogen and oxygen atoms in total. The van der Waals surface area contributed by atoms with Gasteiger partial charge in [-0.05, 0) is 110 Å². The number of aliphatic carboxylic acids is 1. The normalized spacial score (nSPS) is 27.0. The van der Waals surface area contributed by atoms with Crippen molar-refractivity contribution in [1.82, 2.24) is 4.98 Å². The standard InChI is InChI=1S/C35H39ClF2N2O3/c1-22-6-4-11-29-31(22)30(12-17-39-29)43-21-24(32(37)38)19-25-18-23-7-2-3-10-28(23)34(25)13-15-35(16-14-34,33(41)42)40-27-9-5-8-26(36)20-27/h2-3,5,7-10,12,17,20,22,24-25,32,40H,4,6,11,13-16,18-19,21H2,1H3,(H,41,42)/t22-,24+,25-,34?,35?/m1/s1. The van der Waals surface area contributed by atoms with Crippen molar-refractivity contribution >= 4 is 23.3 Å². The summed E-state index contributed by atoms with van der Waals surface area (Å²) < 4.78 is 35.5. The molecule has 0 aliphatic heterocycles. The predicted molar refractivity (Wildman–Crippen MR) is 164 cm³/mol. The van der Waals surface area contributed by atoms with Crippen LogP contribution in [0.4, 0.5) is 14.5 Å². The van der Waals surface area contributed by atoms with Crippen LogP contribution >= 0.6 is 11.6 Å². The smallest absolute Gasteiger partial charge is 0.329 e. The summed E-state index contributed by atoms with van der Waals surface area (Å²) in [5.41, 5.74) is 3.61. The van der Waals surface area contributed by atoms with Gasteiger partial charge < -0.3 is 15.2 Å². The molecule has 43 heavy (non-hydrogen) atoms. The number of carbonyl (C=O) groups is 1. The fourth-order valence-electron chi connectivity index (χ4n) is 8.08. The second-order valence-corrected chi connectivity index (χ2v) is 13.3. The quantitative estimate of drug-likeness (QED) is 0.255. The molecule has 6 rings (SSSR count). The summed E-state index contributed by atoms with van der Waals surface area (Å²) >= 11 is 6.18. The summed E-state index contributed by atoms with van der Waals surface area (Å²) in [6.45, 7) is 2.09. The number of benzene rings is 2. The molecule has 0 amide bonds. The van der Waals surface area contributed by atoms with Crippen LogP contribution in [-0.4, -0.2) is 34.6 Å². The molecule has 1 saturated carbocycles. The molecule has 0 radical (unpaired) electrons. The predicted octanol–water partition coefficient (Wildman–Crippen LogP) is 8.44. The SMILES string of the molecule is C[C@@H]1CCCc2nccc(OC[C@H](C[C@H]3Cc4ccccc4C34CCC(Nc3cccc(Cl)c3)(C(=O)O)CC4)C(F)F)c21. The molecule has 1 aromatic heterocycles. The largest absolute Gasteiger partial charge is 0.493 e. The van der Waals surface area contributed by atoms with Crippen molar-refractivity contribution in [1.29, 1.82) is 0 Å². The molecule has 228 valence electrons. The number of aryl methyl sites for hydroxylation is 1. The Morgan fingerprint density at radius 1 is 1.14 bits per heavy atom. The second kappa shape index (κ2) is 12.1. The second-order valence-electron chi connectivity index (χ2n) is 12.8. The van der Waals surface area contributed by atoms with Gasteiger partial charge in [0.15, 0.2) is 0 Å². The average molecular weight is 609 g/mol. The molecule has 2 aromatic carbocycles. The summed E-state index contributed by atoms with van der Waals surface area (Å²) in [4.78, 5) is 17.2. The lowest BCUT2D eigenvalue weighted by Crippen LogP contribution is -2.53. The van der Waals surface area contributed by atoms with E-state index < -0.39 is 23.9 Å². The van der Waals surface area contributed by atoms with Gasteiger partial charge in [-0.3, -0.25) is 4.98 Å². The third kappa shape index (κ3) is 5.73. The lowest BCUT2D eigenvalue weighted by Gasteiger charge is -2.47. The van der Waals surface area contributed by atoms with E-state index in [4.69, 9.17) is 16.3 Å². The Hall–Kier alpha value is -3.19. The fourth-order valence-corrected chi connectivity index (χ4v) is 8.27. The van der Waals surface area contributed by atoms with E-state index in [9.17, 15) is 18.7 Å². The van der Waals surface area contributed by atoms with Crippen molar-refractivity contribution < 1.29 is 23.4 Å². The fraction of sp³-hybridized carbons (Fsp3) is 0.486. The summed E-state index contributed by atoms with van der Waals surface area (Å²) in [6.07, 6.45) is 5.20. The van der Waals surface area contributed by atoms with Crippen LogP contribution in [0.2, 0.25) is 5.02 Å². The Kier molecular flexibility index (Phi) is 8.38. The van der Waals surface area contributed by atoms with Gasteiger partial charge in [0, 0.05) is 28.2 Å². The number of aromatic nitrogens is 1. The molecule has 3 aromatic rings. The highest BCUT2D eigenvalue weighted by Gasteiger charge is 2.54. The van der Waals surface area contributed by atoms with E-state index in [2.05, 4.69) is 29.4 Å². The van der Waals surface area contributed by atoms with Gasteiger partial charge in [-0.1, -0.05) is 48.9 Å². The van der Waals surface area contributed by atoms with Crippen LogP contribution in [0, 0.1) is 11.8 Å². The summed E-state index contributed by atoms with van der Waals surface area (Å²) in [5.74, 6) is -0.894. The number of hydrogen-bond donors (Lipinski definition) is 2. The third-order valence-corrected chi connectivity index (χ3v) is 10.6. The van der Waals surface area contributed by atoms with E-state index in [1.807, 2.05) is 24.3 Å². The lowest BCUT2D eigenvalue weighted by atomic mass is 9.59. The number of rotatable bonds is 9. The Morgan fingerprint density at radius 3 is 2.67 bits per heavy atom. The maximum atomic E-state index is 14.7. The first-order valence-corrected chi connectivity index (χ1v) is 15.8. The first kappa shape index (κ1) is 29.9. The van der Waals surface area contributed by atoms with E-state index in [-0.39, 0.29) is 17.9 Å².